The van der Waals surface area contributed by atoms with Crippen LogP contribution in [0.5, 0.6) is 0 Å². The van der Waals surface area contributed by atoms with E-state index in [1.807, 2.05) is 0 Å². The molecule has 0 bridgehead atoms. The number of halogens is 6. The van der Waals surface area contributed by atoms with Crippen molar-refractivity contribution in [2.75, 3.05) is 13.2 Å². The molecule has 0 amide bonds. The quantitative estimate of drug-likeness (QED) is 0.174. The van der Waals surface area contributed by atoms with E-state index in [2.05, 4.69) is 27.7 Å². The van der Waals surface area contributed by atoms with Crippen molar-refractivity contribution < 1.29 is 35.8 Å². The number of alkyl halides is 6. The van der Waals surface area contributed by atoms with E-state index in [0.717, 1.165) is 32.1 Å². The Balaban J connectivity index is 4.27. The highest BCUT2D eigenvalue weighted by molar-refractivity contribution is 4.68. The van der Waals surface area contributed by atoms with Gasteiger partial charge >= 0.3 is 12.4 Å². The fourth-order valence-corrected chi connectivity index (χ4v) is 3.40. The molecule has 0 aliphatic rings. The second kappa shape index (κ2) is 13.8. The van der Waals surface area contributed by atoms with Crippen molar-refractivity contribution in [2.24, 2.45) is 17.8 Å². The minimum Gasteiger partial charge on any atom is -0.341 e. The molecular formula is C22H40F6O2. The van der Waals surface area contributed by atoms with Gasteiger partial charge in [0.05, 0.1) is 0 Å². The molecule has 0 aromatic heterocycles. The van der Waals surface area contributed by atoms with E-state index in [1.54, 1.807) is 0 Å². The van der Waals surface area contributed by atoms with E-state index in [-0.39, 0.29) is 6.42 Å². The van der Waals surface area contributed by atoms with E-state index < -0.39 is 31.4 Å². The predicted octanol–water partition coefficient (Wildman–Crippen LogP) is 8.30. The first-order chi connectivity index (χ1) is 13.6. The van der Waals surface area contributed by atoms with Crippen molar-refractivity contribution >= 4 is 0 Å². The maximum Gasteiger partial charge on any atom is 0.411 e. The van der Waals surface area contributed by atoms with E-state index in [4.69, 9.17) is 9.47 Å². The Morgan fingerprint density at radius 1 is 0.600 bits per heavy atom. The van der Waals surface area contributed by atoms with Gasteiger partial charge in [-0.15, -0.1) is 0 Å². The molecule has 0 aromatic rings. The van der Waals surface area contributed by atoms with Crippen molar-refractivity contribution in [1.29, 1.82) is 0 Å². The van der Waals surface area contributed by atoms with Gasteiger partial charge in [-0.2, -0.15) is 26.3 Å². The molecule has 0 aliphatic carbocycles. The van der Waals surface area contributed by atoms with E-state index in [9.17, 15) is 26.3 Å². The molecule has 0 aromatic carbocycles. The fourth-order valence-electron chi connectivity index (χ4n) is 3.40. The highest BCUT2D eigenvalue weighted by Gasteiger charge is 2.38. The second-order valence-electron chi connectivity index (χ2n) is 9.30. The van der Waals surface area contributed by atoms with Crippen LogP contribution < -0.4 is 0 Å². The van der Waals surface area contributed by atoms with Crippen LogP contribution in [0.4, 0.5) is 26.3 Å². The third kappa shape index (κ3) is 18.3. The monoisotopic (exact) mass is 450 g/mol. The largest absolute Gasteiger partial charge is 0.411 e. The number of rotatable bonds is 16. The first-order valence-electron chi connectivity index (χ1n) is 11.0. The maximum absolute atomic E-state index is 12.4. The van der Waals surface area contributed by atoms with Gasteiger partial charge in [0.15, 0.2) is 5.79 Å². The molecule has 0 fully saturated rings. The first kappa shape index (κ1) is 29.5. The maximum atomic E-state index is 12.4. The van der Waals surface area contributed by atoms with Gasteiger partial charge in [-0.05, 0) is 31.1 Å². The summed E-state index contributed by atoms with van der Waals surface area (Å²) >= 11 is 0. The fraction of sp³-hybridized carbons (Fsp3) is 1.00. The zero-order valence-electron chi connectivity index (χ0n) is 19.1. The van der Waals surface area contributed by atoms with Crippen molar-refractivity contribution in [3.63, 3.8) is 0 Å². The van der Waals surface area contributed by atoms with Crippen molar-refractivity contribution in [3.05, 3.63) is 0 Å². The zero-order chi connectivity index (χ0) is 23.4. The molecule has 0 saturated heterocycles. The molecule has 182 valence electrons. The molecule has 8 heteroatoms. The van der Waals surface area contributed by atoms with Gasteiger partial charge in [0.1, 0.15) is 13.2 Å². The molecule has 0 spiro atoms. The summed E-state index contributed by atoms with van der Waals surface area (Å²) in [6, 6.07) is 0. The highest BCUT2D eigenvalue weighted by atomic mass is 19.4. The summed E-state index contributed by atoms with van der Waals surface area (Å²) in [7, 11) is 0. The molecule has 0 rings (SSSR count). The molecule has 0 aliphatic heterocycles. The average Bonchev–Trinajstić information content (AvgIpc) is 2.57. The summed E-state index contributed by atoms with van der Waals surface area (Å²) in [5.74, 6) is -0.161. The Kier molecular flexibility index (Phi) is 13.6. The van der Waals surface area contributed by atoms with Crippen LogP contribution in [0.25, 0.3) is 0 Å². The average molecular weight is 451 g/mol. The second-order valence-corrected chi connectivity index (χ2v) is 9.30. The summed E-state index contributed by atoms with van der Waals surface area (Å²) in [6.07, 6.45) is -1.19. The molecular weight excluding hydrogens is 410 g/mol. The van der Waals surface area contributed by atoms with Crippen LogP contribution in [-0.4, -0.2) is 31.4 Å². The molecule has 0 saturated carbocycles. The van der Waals surface area contributed by atoms with Gasteiger partial charge in [-0.25, -0.2) is 0 Å². The Morgan fingerprint density at radius 2 is 0.967 bits per heavy atom. The zero-order valence-corrected chi connectivity index (χ0v) is 19.1. The number of ether oxygens (including phenoxy) is 2. The molecule has 0 N–H and O–H groups in total. The molecule has 0 radical (unpaired) electrons. The molecule has 2 unspecified atom stereocenters. The van der Waals surface area contributed by atoms with Crippen LogP contribution in [0.2, 0.25) is 0 Å². The lowest BCUT2D eigenvalue weighted by Crippen LogP contribution is -2.39. The normalized spacial score (nSPS) is 15.6. The van der Waals surface area contributed by atoms with Gasteiger partial charge in [-0.1, -0.05) is 72.6 Å². The smallest absolute Gasteiger partial charge is 0.341 e. The summed E-state index contributed by atoms with van der Waals surface area (Å²) in [4.78, 5) is 0. The first-order valence-corrected chi connectivity index (χ1v) is 11.0. The Morgan fingerprint density at radius 3 is 1.33 bits per heavy atom. The van der Waals surface area contributed by atoms with Crippen molar-refractivity contribution in [1.82, 2.24) is 0 Å². The van der Waals surface area contributed by atoms with E-state index in [0.29, 0.717) is 24.7 Å². The minimum absolute atomic E-state index is 0.0187. The van der Waals surface area contributed by atoms with Gasteiger partial charge in [0, 0.05) is 6.42 Å². The van der Waals surface area contributed by atoms with Gasteiger partial charge < -0.3 is 9.47 Å². The minimum atomic E-state index is -4.62. The summed E-state index contributed by atoms with van der Waals surface area (Å²) in [5.41, 5.74) is 0. The Labute approximate surface area is 178 Å². The third-order valence-electron chi connectivity index (χ3n) is 5.28. The lowest BCUT2D eigenvalue weighted by Gasteiger charge is -2.31. The Bertz CT molecular complexity index is 416. The summed E-state index contributed by atoms with van der Waals surface area (Å²) < 4.78 is 84.0. The van der Waals surface area contributed by atoms with Gasteiger partial charge in [0.25, 0.3) is 0 Å². The van der Waals surface area contributed by atoms with Gasteiger partial charge in [-0.3, -0.25) is 0 Å². The highest BCUT2D eigenvalue weighted by Crippen LogP contribution is 2.29. The predicted molar refractivity (Wildman–Crippen MR) is 107 cm³/mol. The van der Waals surface area contributed by atoms with Crippen molar-refractivity contribution in [2.45, 2.75) is 111 Å². The lowest BCUT2D eigenvalue weighted by molar-refractivity contribution is -0.305. The van der Waals surface area contributed by atoms with Crippen LogP contribution in [0.15, 0.2) is 0 Å². The summed E-state index contributed by atoms with van der Waals surface area (Å²) in [6.45, 7) is 6.64. The molecule has 30 heavy (non-hydrogen) atoms. The number of hydrogen-bond donors (Lipinski definition) is 0. The number of hydrogen-bond acceptors (Lipinski definition) is 2. The standard InChI is InChI=1S/C22H40F6O2/c1-17(2)9-6-10-18(3)11-7-12-19(4)13-8-14-20(5,29-15-21(23,24)25)30-16-22(26,27)28/h17-19H,6-16H2,1-5H3. The molecule has 2 atom stereocenters. The van der Waals surface area contributed by atoms with E-state index >= 15 is 0 Å². The summed E-state index contributed by atoms with van der Waals surface area (Å²) in [5, 5.41) is 0. The Hall–Kier alpha value is -0.500. The molecule has 2 nitrogen and oxygen atoms in total. The van der Waals surface area contributed by atoms with Crippen LogP contribution in [0, 0.1) is 17.8 Å². The van der Waals surface area contributed by atoms with Crippen LogP contribution in [0.3, 0.4) is 0 Å². The van der Waals surface area contributed by atoms with Crippen LogP contribution in [0.1, 0.15) is 92.4 Å². The SMILES string of the molecule is CC(C)CCCC(C)CCCC(C)CCCC(C)(OCC(F)(F)F)OCC(F)(F)F. The van der Waals surface area contributed by atoms with Gasteiger partial charge in [0.2, 0.25) is 0 Å². The van der Waals surface area contributed by atoms with Crippen molar-refractivity contribution in [3.8, 4) is 0 Å². The van der Waals surface area contributed by atoms with Crippen LogP contribution >= 0.6 is 0 Å². The third-order valence-corrected chi connectivity index (χ3v) is 5.28. The lowest BCUT2D eigenvalue weighted by atomic mass is 9.91. The van der Waals surface area contributed by atoms with E-state index in [1.165, 1.54) is 19.3 Å². The van der Waals surface area contributed by atoms with Crippen LogP contribution in [-0.2, 0) is 9.47 Å². The topological polar surface area (TPSA) is 18.5 Å². The molecule has 0 heterocycles.